The lowest BCUT2D eigenvalue weighted by atomic mass is 10.1. The van der Waals surface area contributed by atoms with E-state index >= 15 is 0 Å². The Bertz CT molecular complexity index is 544. The summed E-state index contributed by atoms with van der Waals surface area (Å²) in [6.07, 6.45) is 3.01. The Morgan fingerprint density at radius 3 is 2.83 bits per heavy atom. The summed E-state index contributed by atoms with van der Waals surface area (Å²) in [6.45, 7) is 3.59. The standard InChI is InChI=1S/C13H13BrN2O2/c1-13(2,14)12(17)16-10-5-3-4-9(6-10)11-7-15-8-18-11/h3-8H,1-2H3,(H,16,17). The Labute approximate surface area is 114 Å². The van der Waals surface area contributed by atoms with Crippen LogP contribution in [0.4, 0.5) is 5.69 Å². The van der Waals surface area contributed by atoms with Crippen molar-refractivity contribution in [1.82, 2.24) is 4.98 Å². The Morgan fingerprint density at radius 2 is 2.22 bits per heavy atom. The van der Waals surface area contributed by atoms with Crippen molar-refractivity contribution >= 4 is 27.5 Å². The number of hydrogen-bond acceptors (Lipinski definition) is 3. The third kappa shape index (κ3) is 2.98. The van der Waals surface area contributed by atoms with Gasteiger partial charge in [-0.25, -0.2) is 4.98 Å². The van der Waals surface area contributed by atoms with Gasteiger partial charge in [-0.2, -0.15) is 0 Å². The number of alkyl halides is 1. The summed E-state index contributed by atoms with van der Waals surface area (Å²) in [7, 11) is 0. The highest BCUT2D eigenvalue weighted by molar-refractivity contribution is 9.10. The SMILES string of the molecule is CC(C)(Br)C(=O)Nc1cccc(-c2cnco2)c1. The number of hydrogen-bond donors (Lipinski definition) is 1. The van der Waals surface area contributed by atoms with Gasteiger partial charge in [0.15, 0.2) is 12.2 Å². The normalized spacial score (nSPS) is 11.3. The first-order chi connectivity index (χ1) is 8.47. The second-order valence-corrected chi connectivity index (χ2v) is 6.36. The zero-order valence-corrected chi connectivity index (χ0v) is 11.7. The molecule has 4 nitrogen and oxygen atoms in total. The van der Waals surface area contributed by atoms with E-state index in [1.54, 1.807) is 20.0 Å². The Hall–Kier alpha value is -1.62. The second kappa shape index (κ2) is 4.94. The number of nitrogens with one attached hydrogen (secondary N) is 1. The first-order valence-corrected chi connectivity index (χ1v) is 6.25. The molecule has 1 amide bonds. The predicted molar refractivity (Wildman–Crippen MR) is 73.6 cm³/mol. The average Bonchev–Trinajstić information content (AvgIpc) is 2.81. The predicted octanol–water partition coefficient (Wildman–Crippen LogP) is 3.45. The first-order valence-electron chi connectivity index (χ1n) is 5.46. The fourth-order valence-corrected chi connectivity index (χ4v) is 1.49. The number of amides is 1. The molecule has 0 unspecified atom stereocenters. The number of carbonyl (C=O) groups excluding carboxylic acids is 1. The van der Waals surface area contributed by atoms with Crippen molar-refractivity contribution in [3.8, 4) is 11.3 Å². The maximum Gasteiger partial charge on any atom is 0.240 e. The first kappa shape index (κ1) is 12.8. The van der Waals surface area contributed by atoms with Gasteiger partial charge in [-0.05, 0) is 26.0 Å². The summed E-state index contributed by atoms with van der Waals surface area (Å²) < 4.78 is 4.61. The van der Waals surface area contributed by atoms with Crippen molar-refractivity contribution in [2.24, 2.45) is 0 Å². The van der Waals surface area contributed by atoms with E-state index in [9.17, 15) is 4.79 Å². The number of nitrogens with zero attached hydrogens (tertiary/aromatic N) is 1. The number of halogens is 1. The van der Waals surface area contributed by atoms with Crippen molar-refractivity contribution in [2.75, 3.05) is 5.32 Å². The fourth-order valence-electron chi connectivity index (χ4n) is 1.39. The zero-order valence-electron chi connectivity index (χ0n) is 10.1. The highest BCUT2D eigenvalue weighted by Crippen LogP contribution is 2.24. The second-order valence-electron chi connectivity index (χ2n) is 4.37. The van der Waals surface area contributed by atoms with Crippen molar-refractivity contribution in [3.63, 3.8) is 0 Å². The number of anilines is 1. The Morgan fingerprint density at radius 1 is 1.44 bits per heavy atom. The maximum atomic E-state index is 11.8. The van der Waals surface area contributed by atoms with E-state index in [-0.39, 0.29) is 5.91 Å². The third-order valence-corrected chi connectivity index (χ3v) is 2.74. The number of carbonyl (C=O) groups is 1. The van der Waals surface area contributed by atoms with Crippen LogP contribution in [0.15, 0.2) is 41.3 Å². The molecule has 0 aliphatic heterocycles. The average molecular weight is 309 g/mol. The van der Waals surface area contributed by atoms with Crippen LogP contribution in [0.2, 0.25) is 0 Å². The number of aromatic nitrogens is 1. The van der Waals surface area contributed by atoms with Gasteiger partial charge in [0.05, 0.1) is 10.5 Å². The van der Waals surface area contributed by atoms with Crippen LogP contribution in [-0.4, -0.2) is 15.2 Å². The summed E-state index contributed by atoms with van der Waals surface area (Å²) in [5.74, 6) is 0.571. The van der Waals surface area contributed by atoms with Crippen LogP contribution in [0.25, 0.3) is 11.3 Å². The molecule has 2 aromatic rings. The van der Waals surface area contributed by atoms with Crippen LogP contribution in [0.1, 0.15) is 13.8 Å². The van der Waals surface area contributed by atoms with E-state index < -0.39 is 4.32 Å². The molecule has 0 bridgehead atoms. The number of oxazole rings is 1. The molecule has 1 aromatic carbocycles. The summed E-state index contributed by atoms with van der Waals surface area (Å²) in [6, 6.07) is 7.43. The van der Waals surface area contributed by atoms with E-state index in [1.807, 2.05) is 24.3 Å². The van der Waals surface area contributed by atoms with Gasteiger partial charge in [0, 0.05) is 11.3 Å². The molecule has 0 saturated carbocycles. The van der Waals surface area contributed by atoms with Gasteiger partial charge in [0.1, 0.15) is 0 Å². The number of rotatable bonds is 3. The highest BCUT2D eigenvalue weighted by Gasteiger charge is 2.23. The van der Waals surface area contributed by atoms with E-state index in [2.05, 4.69) is 26.2 Å². The maximum absolute atomic E-state index is 11.8. The molecule has 1 N–H and O–H groups in total. The van der Waals surface area contributed by atoms with Gasteiger partial charge in [-0.3, -0.25) is 4.79 Å². The molecule has 5 heteroatoms. The molecule has 1 aromatic heterocycles. The van der Waals surface area contributed by atoms with Crippen LogP contribution < -0.4 is 5.32 Å². The minimum atomic E-state index is -0.602. The van der Waals surface area contributed by atoms with Gasteiger partial charge >= 0.3 is 0 Å². The van der Waals surface area contributed by atoms with Crippen molar-refractivity contribution in [3.05, 3.63) is 36.9 Å². The molecule has 0 fully saturated rings. The van der Waals surface area contributed by atoms with Crippen molar-refractivity contribution in [1.29, 1.82) is 0 Å². The van der Waals surface area contributed by atoms with Crippen LogP contribution >= 0.6 is 15.9 Å². The number of benzene rings is 1. The molecule has 0 aliphatic carbocycles. The molecule has 0 spiro atoms. The summed E-state index contributed by atoms with van der Waals surface area (Å²) in [5, 5.41) is 2.84. The zero-order chi connectivity index (χ0) is 13.2. The third-order valence-electron chi connectivity index (χ3n) is 2.38. The van der Waals surface area contributed by atoms with Crippen molar-refractivity contribution < 1.29 is 9.21 Å². The Kier molecular flexibility index (Phi) is 3.52. The summed E-state index contributed by atoms with van der Waals surface area (Å²) in [5.41, 5.74) is 1.60. The minimum absolute atomic E-state index is 0.0998. The molecule has 0 aliphatic rings. The lowest BCUT2D eigenvalue weighted by Gasteiger charge is -2.16. The molecule has 94 valence electrons. The topological polar surface area (TPSA) is 55.1 Å². The molecule has 0 atom stereocenters. The van der Waals surface area contributed by atoms with E-state index in [4.69, 9.17) is 4.42 Å². The lowest BCUT2D eigenvalue weighted by molar-refractivity contribution is -0.117. The van der Waals surface area contributed by atoms with Crippen molar-refractivity contribution in [2.45, 2.75) is 18.2 Å². The molecule has 1 heterocycles. The molecule has 18 heavy (non-hydrogen) atoms. The minimum Gasteiger partial charge on any atom is -0.444 e. The van der Waals surface area contributed by atoms with Gasteiger partial charge in [0.25, 0.3) is 0 Å². The van der Waals surface area contributed by atoms with Gasteiger partial charge in [-0.15, -0.1) is 0 Å². The quantitative estimate of drug-likeness (QED) is 0.884. The monoisotopic (exact) mass is 308 g/mol. The van der Waals surface area contributed by atoms with Crippen LogP contribution in [0.5, 0.6) is 0 Å². The molecule has 2 rings (SSSR count). The van der Waals surface area contributed by atoms with E-state index in [0.29, 0.717) is 5.76 Å². The molecular weight excluding hydrogens is 296 g/mol. The van der Waals surface area contributed by atoms with Gasteiger partial charge in [-0.1, -0.05) is 28.1 Å². The molecular formula is C13H13BrN2O2. The van der Waals surface area contributed by atoms with Gasteiger partial charge in [0.2, 0.25) is 5.91 Å². The Balaban J connectivity index is 2.21. The highest BCUT2D eigenvalue weighted by atomic mass is 79.9. The smallest absolute Gasteiger partial charge is 0.240 e. The molecule has 0 saturated heterocycles. The molecule has 0 radical (unpaired) electrons. The van der Waals surface area contributed by atoms with Crippen LogP contribution in [-0.2, 0) is 4.79 Å². The van der Waals surface area contributed by atoms with Crippen LogP contribution in [0, 0.1) is 0 Å². The fraction of sp³-hybridized carbons (Fsp3) is 0.231. The summed E-state index contributed by atoms with van der Waals surface area (Å²) >= 11 is 3.32. The van der Waals surface area contributed by atoms with E-state index in [0.717, 1.165) is 11.3 Å². The van der Waals surface area contributed by atoms with E-state index in [1.165, 1.54) is 6.39 Å². The lowest BCUT2D eigenvalue weighted by Crippen LogP contribution is -2.30. The summed E-state index contributed by atoms with van der Waals surface area (Å²) in [4.78, 5) is 15.7. The van der Waals surface area contributed by atoms with Gasteiger partial charge < -0.3 is 9.73 Å². The largest absolute Gasteiger partial charge is 0.444 e. The van der Waals surface area contributed by atoms with Crippen LogP contribution in [0.3, 0.4) is 0 Å².